The van der Waals surface area contributed by atoms with Crippen molar-refractivity contribution in [2.75, 3.05) is 26.4 Å². The number of carboxylic acid groups (broad SMARTS) is 1. The van der Waals surface area contributed by atoms with Gasteiger partial charge in [-0.1, -0.05) is 151 Å². The van der Waals surface area contributed by atoms with Crippen LogP contribution < -0.4 is 5.73 Å². The second-order valence-corrected chi connectivity index (χ2v) is 15.9. The summed E-state index contributed by atoms with van der Waals surface area (Å²) in [5.41, 5.74) is 5.35. The lowest BCUT2D eigenvalue weighted by Crippen LogP contribution is -2.34. The van der Waals surface area contributed by atoms with Crippen LogP contribution in [0, 0.1) is 0 Å². The smallest absolute Gasteiger partial charge is 0.472 e. The fourth-order valence-corrected chi connectivity index (χ4v) is 6.34. The van der Waals surface area contributed by atoms with E-state index >= 15 is 0 Å². The van der Waals surface area contributed by atoms with Crippen LogP contribution in [-0.2, 0) is 32.7 Å². The highest BCUT2D eigenvalue weighted by Crippen LogP contribution is 2.43. The third kappa shape index (κ3) is 41.4. The van der Waals surface area contributed by atoms with Gasteiger partial charge in [0.1, 0.15) is 12.1 Å². The van der Waals surface area contributed by atoms with Gasteiger partial charge in [0.2, 0.25) is 0 Å². The maximum atomic E-state index is 12.6. The van der Waals surface area contributed by atoms with Crippen LogP contribution in [0.2, 0.25) is 0 Å². The molecule has 3 atom stereocenters. The van der Waals surface area contributed by atoms with E-state index in [1.165, 1.54) is 57.8 Å². The van der Waals surface area contributed by atoms with Gasteiger partial charge in [-0.25, -0.2) is 4.57 Å². The quantitative estimate of drug-likeness (QED) is 0.0235. The van der Waals surface area contributed by atoms with Crippen LogP contribution in [0.4, 0.5) is 0 Å². The number of carboxylic acids is 1. The first-order valence-corrected chi connectivity index (χ1v) is 23.5. The van der Waals surface area contributed by atoms with E-state index in [-0.39, 0.29) is 13.0 Å². The summed E-state index contributed by atoms with van der Waals surface area (Å²) >= 11 is 0. The fourth-order valence-electron chi connectivity index (χ4n) is 5.56. The number of aliphatic carboxylic acids is 1. The molecular formula is C46H80NO9P. The molecule has 0 fully saturated rings. The van der Waals surface area contributed by atoms with E-state index < -0.39 is 45.1 Å². The molecule has 0 aliphatic carbocycles. The van der Waals surface area contributed by atoms with Crippen molar-refractivity contribution in [2.24, 2.45) is 5.73 Å². The zero-order valence-corrected chi connectivity index (χ0v) is 36.6. The summed E-state index contributed by atoms with van der Waals surface area (Å²) in [5, 5.41) is 8.90. The molecule has 0 spiro atoms. The highest BCUT2D eigenvalue weighted by molar-refractivity contribution is 7.47. The molecule has 10 nitrogen and oxygen atoms in total. The SMILES string of the molecule is CC/C=C\C/C=C\C/C=C\C/C=C\CCCCCOCC(COP(=O)(O)OCC(N)C(=O)O)OC(=O)CCCCCCCCCCC/C=C\C/C=C\CCCCC. The van der Waals surface area contributed by atoms with Crippen molar-refractivity contribution in [1.82, 2.24) is 0 Å². The van der Waals surface area contributed by atoms with Gasteiger partial charge in [0.25, 0.3) is 0 Å². The molecule has 0 amide bonds. The number of rotatable bonds is 41. The summed E-state index contributed by atoms with van der Waals surface area (Å²) < 4.78 is 33.3. The number of ether oxygens (including phenoxy) is 2. The van der Waals surface area contributed by atoms with Crippen LogP contribution >= 0.6 is 7.82 Å². The molecule has 0 heterocycles. The molecule has 4 N–H and O–H groups in total. The van der Waals surface area contributed by atoms with Crippen LogP contribution in [0.5, 0.6) is 0 Å². The van der Waals surface area contributed by atoms with Gasteiger partial charge in [-0.15, -0.1) is 0 Å². The second kappa shape index (κ2) is 41.6. The van der Waals surface area contributed by atoms with E-state index in [1.807, 2.05) is 0 Å². The molecule has 328 valence electrons. The van der Waals surface area contributed by atoms with Crippen molar-refractivity contribution in [2.45, 2.75) is 180 Å². The van der Waals surface area contributed by atoms with Gasteiger partial charge in [-0.3, -0.25) is 18.6 Å². The molecule has 0 aromatic carbocycles. The Morgan fingerprint density at radius 2 is 1.02 bits per heavy atom. The maximum Gasteiger partial charge on any atom is 0.472 e. The standard InChI is InChI=1S/C46H80NO9P/c1-3-5-7-9-11-13-15-17-19-21-22-23-24-26-28-30-32-34-36-38-45(48)56-43(41-54-57(51,52)55-42-44(47)46(49)50)40-53-39-37-35-33-31-29-27-25-20-18-16-14-12-10-8-6-4-2/h6,8,11-14,17-20,27,29,43-44H,3-5,7,9-10,15-16,21-26,28,30-42,47H2,1-2H3,(H,49,50)(H,51,52)/b8-6-,13-11-,14-12-,19-17-,20-18-,29-27-. The molecule has 3 unspecified atom stereocenters. The molecule has 0 saturated heterocycles. The first-order chi connectivity index (χ1) is 27.7. The lowest BCUT2D eigenvalue weighted by Gasteiger charge is -2.20. The number of nitrogens with two attached hydrogens (primary N) is 1. The van der Waals surface area contributed by atoms with E-state index in [0.717, 1.165) is 83.5 Å². The van der Waals surface area contributed by atoms with Crippen molar-refractivity contribution in [3.05, 3.63) is 72.9 Å². The zero-order chi connectivity index (χ0) is 41.9. The van der Waals surface area contributed by atoms with E-state index in [1.54, 1.807) is 0 Å². The Morgan fingerprint density at radius 3 is 1.53 bits per heavy atom. The normalized spacial score (nSPS) is 14.6. The largest absolute Gasteiger partial charge is 0.480 e. The topological polar surface area (TPSA) is 155 Å². The number of carbonyl (C=O) groups excluding carboxylic acids is 1. The zero-order valence-electron chi connectivity index (χ0n) is 35.7. The molecule has 0 aliphatic rings. The summed E-state index contributed by atoms with van der Waals surface area (Å²) in [6.07, 6.45) is 51.0. The van der Waals surface area contributed by atoms with Gasteiger partial charge in [-0.2, -0.15) is 0 Å². The summed E-state index contributed by atoms with van der Waals surface area (Å²) in [6, 6.07) is -1.48. The first-order valence-electron chi connectivity index (χ1n) is 22.0. The predicted molar refractivity (Wildman–Crippen MR) is 235 cm³/mol. The van der Waals surface area contributed by atoms with Crippen LogP contribution in [0.25, 0.3) is 0 Å². The number of unbranched alkanes of at least 4 members (excludes halogenated alkanes) is 15. The number of phosphoric acid groups is 1. The average Bonchev–Trinajstić information content (AvgIpc) is 3.19. The molecule has 11 heteroatoms. The van der Waals surface area contributed by atoms with Gasteiger partial charge < -0.3 is 25.2 Å². The van der Waals surface area contributed by atoms with Gasteiger partial charge >= 0.3 is 19.8 Å². The minimum Gasteiger partial charge on any atom is -0.480 e. The van der Waals surface area contributed by atoms with E-state index in [2.05, 4.69) is 86.8 Å². The number of hydrogen-bond acceptors (Lipinski definition) is 8. The van der Waals surface area contributed by atoms with Crippen molar-refractivity contribution >= 4 is 19.8 Å². The first kappa shape index (κ1) is 54.4. The Balaban J connectivity index is 4.30. The van der Waals surface area contributed by atoms with Crippen LogP contribution in [0.15, 0.2) is 72.9 Å². The summed E-state index contributed by atoms with van der Waals surface area (Å²) in [5.74, 6) is -1.80. The van der Waals surface area contributed by atoms with E-state index in [4.69, 9.17) is 29.4 Å². The third-order valence-corrected chi connectivity index (χ3v) is 9.92. The molecule has 0 rings (SSSR count). The fraction of sp³-hybridized carbons (Fsp3) is 0.696. The minimum atomic E-state index is -4.63. The second-order valence-electron chi connectivity index (χ2n) is 14.4. The summed E-state index contributed by atoms with van der Waals surface area (Å²) in [4.78, 5) is 33.6. The van der Waals surface area contributed by atoms with E-state index in [0.29, 0.717) is 13.0 Å². The Hall–Kier alpha value is -2.59. The van der Waals surface area contributed by atoms with Gasteiger partial charge in [0, 0.05) is 13.0 Å². The lowest BCUT2D eigenvalue weighted by atomic mass is 10.1. The van der Waals surface area contributed by atoms with Crippen molar-refractivity contribution < 1.29 is 42.7 Å². The number of esters is 1. The Kier molecular flexibility index (Phi) is 39.7. The van der Waals surface area contributed by atoms with Crippen LogP contribution in [0.1, 0.15) is 168 Å². The van der Waals surface area contributed by atoms with Crippen molar-refractivity contribution in [3.8, 4) is 0 Å². The molecule has 0 aromatic heterocycles. The number of phosphoric ester groups is 1. The van der Waals surface area contributed by atoms with Gasteiger partial charge in [0.05, 0.1) is 19.8 Å². The van der Waals surface area contributed by atoms with Crippen molar-refractivity contribution in [3.63, 3.8) is 0 Å². The Bertz CT molecular complexity index is 1180. The Labute approximate surface area is 346 Å². The third-order valence-electron chi connectivity index (χ3n) is 8.97. The number of carbonyl (C=O) groups is 2. The highest BCUT2D eigenvalue weighted by atomic mass is 31.2. The number of hydrogen-bond donors (Lipinski definition) is 3. The summed E-state index contributed by atoms with van der Waals surface area (Å²) in [7, 11) is -4.63. The van der Waals surface area contributed by atoms with Gasteiger partial charge in [-0.05, 0) is 83.5 Å². The Morgan fingerprint density at radius 1 is 0.579 bits per heavy atom. The van der Waals surface area contributed by atoms with Crippen molar-refractivity contribution in [1.29, 1.82) is 0 Å². The molecule has 0 bridgehead atoms. The maximum absolute atomic E-state index is 12.6. The molecule has 57 heavy (non-hydrogen) atoms. The van der Waals surface area contributed by atoms with Crippen LogP contribution in [-0.4, -0.2) is 60.5 Å². The van der Waals surface area contributed by atoms with Gasteiger partial charge in [0.15, 0.2) is 0 Å². The lowest BCUT2D eigenvalue weighted by molar-refractivity contribution is -0.154. The molecule has 0 saturated carbocycles. The molecule has 0 radical (unpaired) electrons. The molecule has 0 aliphatic heterocycles. The average molecular weight is 822 g/mol. The predicted octanol–water partition coefficient (Wildman–Crippen LogP) is 12.2. The van der Waals surface area contributed by atoms with Crippen LogP contribution in [0.3, 0.4) is 0 Å². The number of allylic oxidation sites excluding steroid dienone is 12. The monoisotopic (exact) mass is 822 g/mol. The van der Waals surface area contributed by atoms with E-state index in [9.17, 15) is 19.0 Å². The molecule has 0 aromatic rings. The highest BCUT2D eigenvalue weighted by Gasteiger charge is 2.27. The molecular weight excluding hydrogens is 741 g/mol. The summed E-state index contributed by atoms with van der Waals surface area (Å²) in [6.45, 7) is 3.65. The minimum absolute atomic E-state index is 0.00985.